The van der Waals surface area contributed by atoms with Crippen molar-refractivity contribution >= 4 is 22.6 Å². The zero-order valence-corrected chi connectivity index (χ0v) is 13.3. The van der Waals surface area contributed by atoms with Crippen LogP contribution in [0.2, 0.25) is 0 Å². The molecule has 0 saturated heterocycles. The summed E-state index contributed by atoms with van der Waals surface area (Å²) in [5, 5.41) is 5.36. The first-order valence-corrected chi connectivity index (χ1v) is 7.59. The standard InChI is InChI=1S/C15H15N3O3S/c1-4-13-17-18-10(8-19)14(16-15(18)22-13)9-5-6-11(20-2)12(7-9)21-3/h5-8H,4H2,1-3H3. The van der Waals surface area contributed by atoms with E-state index in [0.717, 1.165) is 23.3 Å². The van der Waals surface area contributed by atoms with E-state index in [0.29, 0.717) is 27.8 Å². The van der Waals surface area contributed by atoms with Gasteiger partial charge in [0.2, 0.25) is 4.96 Å². The summed E-state index contributed by atoms with van der Waals surface area (Å²) in [4.78, 5) is 16.8. The molecule has 0 radical (unpaired) electrons. The van der Waals surface area contributed by atoms with Crippen LogP contribution in [0.15, 0.2) is 18.2 Å². The molecule has 2 heterocycles. The number of rotatable bonds is 5. The van der Waals surface area contributed by atoms with Crippen LogP contribution >= 0.6 is 11.3 Å². The van der Waals surface area contributed by atoms with Gasteiger partial charge in [0.1, 0.15) is 16.4 Å². The number of methoxy groups -OCH3 is 2. The monoisotopic (exact) mass is 317 g/mol. The van der Waals surface area contributed by atoms with Crippen molar-refractivity contribution in [1.82, 2.24) is 14.6 Å². The lowest BCUT2D eigenvalue weighted by Gasteiger charge is -2.08. The highest BCUT2D eigenvalue weighted by atomic mass is 32.1. The van der Waals surface area contributed by atoms with Crippen LogP contribution in [0.25, 0.3) is 16.2 Å². The third kappa shape index (κ3) is 2.23. The Labute approximate surface area is 131 Å². The summed E-state index contributed by atoms with van der Waals surface area (Å²) >= 11 is 1.49. The average molecular weight is 317 g/mol. The number of carbonyl (C=O) groups excluding carboxylic acids is 1. The predicted molar refractivity (Wildman–Crippen MR) is 84.2 cm³/mol. The zero-order valence-electron chi connectivity index (χ0n) is 12.5. The Kier molecular flexibility index (Phi) is 3.81. The highest BCUT2D eigenvalue weighted by Crippen LogP contribution is 2.33. The smallest absolute Gasteiger partial charge is 0.213 e. The Morgan fingerprint density at radius 2 is 2.05 bits per heavy atom. The molecule has 2 aromatic heterocycles. The minimum absolute atomic E-state index is 0.443. The highest BCUT2D eigenvalue weighted by molar-refractivity contribution is 7.16. The quantitative estimate of drug-likeness (QED) is 0.677. The highest BCUT2D eigenvalue weighted by Gasteiger charge is 2.18. The predicted octanol–water partition coefficient (Wildman–Crippen LogP) is 2.85. The van der Waals surface area contributed by atoms with E-state index in [9.17, 15) is 4.79 Å². The lowest BCUT2D eigenvalue weighted by Crippen LogP contribution is -1.96. The lowest BCUT2D eigenvalue weighted by atomic mass is 10.1. The summed E-state index contributed by atoms with van der Waals surface area (Å²) in [5.74, 6) is 1.22. The molecule has 0 aliphatic rings. The molecule has 114 valence electrons. The van der Waals surface area contributed by atoms with Gasteiger partial charge >= 0.3 is 0 Å². The van der Waals surface area contributed by atoms with E-state index in [1.54, 1.807) is 30.9 Å². The van der Waals surface area contributed by atoms with Crippen molar-refractivity contribution in [2.24, 2.45) is 0 Å². The zero-order chi connectivity index (χ0) is 15.7. The molecule has 7 heteroatoms. The molecule has 0 bridgehead atoms. The van der Waals surface area contributed by atoms with Gasteiger partial charge in [0, 0.05) is 5.56 Å². The molecule has 3 aromatic rings. The van der Waals surface area contributed by atoms with Gasteiger partial charge in [-0.25, -0.2) is 4.98 Å². The Morgan fingerprint density at radius 1 is 1.27 bits per heavy atom. The molecule has 0 saturated carbocycles. The first-order chi connectivity index (χ1) is 10.7. The number of hydrogen-bond acceptors (Lipinski definition) is 6. The van der Waals surface area contributed by atoms with Crippen LogP contribution in [-0.2, 0) is 6.42 Å². The maximum absolute atomic E-state index is 11.5. The number of nitrogens with zero attached hydrogens (tertiary/aromatic N) is 3. The number of benzene rings is 1. The summed E-state index contributed by atoms with van der Waals surface area (Å²) < 4.78 is 12.1. The van der Waals surface area contributed by atoms with Gasteiger partial charge in [-0.05, 0) is 24.6 Å². The number of aromatic nitrogens is 3. The molecule has 0 unspecified atom stereocenters. The Bertz CT molecular complexity index is 838. The molecular weight excluding hydrogens is 302 g/mol. The van der Waals surface area contributed by atoms with Crippen LogP contribution in [0.3, 0.4) is 0 Å². The fourth-order valence-corrected chi connectivity index (χ4v) is 3.09. The van der Waals surface area contributed by atoms with Gasteiger partial charge in [-0.1, -0.05) is 18.3 Å². The molecule has 0 spiro atoms. The first kappa shape index (κ1) is 14.5. The van der Waals surface area contributed by atoms with E-state index in [-0.39, 0.29) is 0 Å². The van der Waals surface area contributed by atoms with Crippen LogP contribution < -0.4 is 9.47 Å². The van der Waals surface area contributed by atoms with Crippen LogP contribution in [0, 0.1) is 0 Å². The fraction of sp³-hybridized carbons (Fsp3) is 0.267. The third-order valence-electron chi connectivity index (χ3n) is 3.35. The number of hydrogen-bond donors (Lipinski definition) is 0. The number of carbonyl (C=O) groups is 1. The third-order valence-corrected chi connectivity index (χ3v) is 4.40. The maximum Gasteiger partial charge on any atom is 0.213 e. The SMILES string of the molecule is CCc1nn2c(C=O)c(-c3ccc(OC)c(OC)c3)nc2s1. The first-order valence-electron chi connectivity index (χ1n) is 6.77. The second kappa shape index (κ2) is 5.76. The molecule has 6 nitrogen and oxygen atoms in total. The molecule has 0 aliphatic carbocycles. The van der Waals surface area contributed by atoms with Crippen molar-refractivity contribution in [3.8, 4) is 22.8 Å². The summed E-state index contributed by atoms with van der Waals surface area (Å²) in [6.45, 7) is 2.02. The largest absolute Gasteiger partial charge is 0.493 e. The van der Waals surface area contributed by atoms with Gasteiger partial charge in [-0.15, -0.1) is 0 Å². The lowest BCUT2D eigenvalue weighted by molar-refractivity contribution is 0.111. The molecule has 1 aromatic carbocycles. The summed E-state index contributed by atoms with van der Waals surface area (Å²) in [5.41, 5.74) is 1.83. The van der Waals surface area contributed by atoms with E-state index in [4.69, 9.17) is 9.47 Å². The molecule has 0 atom stereocenters. The van der Waals surface area contributed by atoms with Gasteiger partial charge in [-0.2, -0.15) is 9.61 Å². The minimum atomic E-state index is 0.443. The molecule has 0 aliphatic heterocycles. The second-order valence-electron chi connectivity index (χ2n) is 4.58. The number of aryl methyl sites for hydroxylation is 1. The molecule has 0 fully saturated rings. The fourth-order valence-electron chi connectivity index (χ4n) is 2.25. The molecular formula is C15H15N3O3S. The number of aldehydes is 1. The van der Waals surface area contributed by atoms with Crippen LogP contribution in [0.4, 0.5) is 0 Å². The number of ether oxygens (including phenoxy) is 2. The Morgan fingerprint density at radius 3 is 2.68 bits per heavy atom. The van der Waals surface area contributed by atoms with Gasteiger partial charge in [-0.3, -0.25) is 4.79 Å². The minimum Gasteiger partial charge on any atom is -0.493 e. The topological polar surface area (TPSA) is 65.7 Å². The van der Waals surface area contributed by atoms with Gasteiger partial charge < -0.3 is 9.47 Å². The summed E-state index contributed by atoms with van der Waals surface area (Å²) in [7, 11) is 3.15. The van der Waals surface area contributed by atoms with Crippen LogP contribution in [0.5, 0.6) is 11.5 Å². The van der Waals surface area contributed by atoms with Crippen molar-refractivity contribution in [2.75, 3.05) is 14.2 Å². The Balaban J connectivity index is 2.17. The van der Waals surface area contributed by atoms with Gasteiger partial charge in [0.25, 0.3) is 0 Å². The number of imidazole rings is 1. The normalized spacial score (nSPS) is 10.9. The van der Waals surface area contributed by atoms with Gasteiger partial charge in [0.15, 0.2) is 17.8 Å². The average Bonchev–Trinajstić information content (AvgIpc) is 3.10. The van der Waals surface area contributed by atoms with Crippen molar-refractivity contribution < 1.29 is 14.3 Å². The van der Waals surface area contributed by atoms with Crippen molar-refractivity contribution in [1.29, 1.82) is 0 Å². The van der Waals surface area contributed by atoms with E-state index >= 15 is 0 Å². The summed E-state index contributed by atoms with van der Waals surface area (Å²) in [6.07, 6.45) is 1.60. The molecule has 22 heavy (non-hydrogen) atoms. The van der Waals surface area contributed by atoms with Crippen molar-refractivity contribution in [2.45, 2.75) is 13.3 Å². The molecule has 0 N–H and O–H groups in total. The van der Waals surface area contributed by atoms with E-state index in [1.165, 1.54) is 11.3 Å². The van der Waals surface area contributed by atoms with Crippen LogP contribution in [0.1, 0.15) is 22.4 Å². The molecule has 3 rings (SSSR count). The summed E-state index contributed by atoms with van der Waals surface area (Å²) in [6, 6.07) is 5.45. The van der Waals surface area contributed by atoms with Gasteiger partial charge in [0.05, 0.1) is 14.2 Å². The second-order valence-corrected chi connectivity index (χ2v) is 5.62. The van der Waals surface area contributed by atoms with Crippen molar-refractivity contribution in [3.05, 3.63) is 28.9 Å². The maximum atomic E-state index is 11.5. The van der Waals surface area contributed by atoms with E-state index < -0.39 is 0 Å². The molecule has 0 amide bonds. The van der Waals surface area contributed by atoms with E-state index in [1.807, 2.05) is 13.0 Å². The van der Waals surface area contributed by atoms with E-state index in [2.05, 4.69) is 10.1 Å². The van der Waals surface area contributed by atoms with Crippen molar-refractivity contribution in [3.63, 3.8) is 0 Å². The number of fused-ring (bicyclic) bond motifs is 1. The Hall–Kier alpha value is -2.41. The van der Waals surface area contributed by atoms with Crippen LogP contribution in [-0.4, -0.2) is 35.1 Å².